The molecule has 0 aromatic rings. The summed E-state index contributed by atoms with van der Waals surface area (Å²) in [5.41, 5.74) is 0. The van der Waals surface area contributed by atoms with Gasteiger partial charge in [-0.15, -0.1) is 0 Å². The highest BCUT2D eigenvalue weighted by atomic mass is 16.7. The minimum atomic E-state index is -0.376. The third-order valence-electron chi connectivity index (χ3n) is 1.54. The fraction of sp³-hybridized carbons (Fsp3) is 0.857. The molecule has 0 bridgehead atoms. The van der Waals surface area contributed by atoms with E-state index in [9.17, 15) is 4.79 Å². The van der Waals surface area contributed by atoms with E-state index >= 15 is 0 Å². The molecule has 1 rings (SSSR count). The Bertz CT molecular complexity index is 145. The second-order valence-electron chi connectivity index (χ2n) is 2.41. The maximum Gasteiger partial charge on any atom is 0.303 e. The van der Waals surface area contributed by atoms with Crippen molar-refractivity contribution in [3.8, 4) is 0 Å². The summed E-state index contributed by atoms with van der Waals surface area (Å²) in [4.78, 5) is 10.5. The van der Waals surface area contributed by atoms with Crippen molar-refractivity contribution in [2.75, 3.05) is 13.7 Å². The van der Waals surface area contributed by atoms with E-state index in [2.05, 4.69) is 0 Å². The van der Waals surface area contributed by atoms with E-state index in [1.54, 1.807) is 0 Å². The molecule has 0 aliphatic carbocycles. The molecule has 1 fully saturated rings. The molecule has 64 valence electrons. The van der Waals surface area contributed by atoms with Gasteiger partial charge in [-0.25, -0.2) is 0 Å². The van der Waals surface area contributed by atoms with Gasteiger partial charge in [-0.2, -0.15) is 0 Å². The van der Waals surface area contributed by atoms with Gasteiger partial charge in [-0.1, -0.05) is 0 Å². The molecule has 0 N–H and O–H groups in total. The number of methoxy groups -OCH3 is 1. The molecule has 0 aromatic carbocycles. The Hall–Kier alpha value is -0.610. The van der Waals surface area contributed by atoms with Crippen molar-refractivity contribution in [2.24, 2.45) is 0 Å². The summed E-state index contributed by atoms with van der Waals surface area (Å²) in [7, 11) is 1.53. The minimum absolute atomic E-state index is 0.225. The van der Waals surface area contributed by atoms with Crippen LogP contribution in [0.2, 0.25) is 0 Å². The topological polar surface area (TPSA) is 44.8 Å². The molecule has 11 heavy (non-hydrogen) atoms. The number of ether oxygens (including phenoxy) is 3. The van der Waals surface area contributed by atoms with Crippen LogP contribution in [-0.4, -0.2) is 32.1 Å². The van der Waals surface area contributed by atoms with E-state index < -0.39 is 0 Å². The van der Waals surface area contributed by atoms with Crippen LogP contribution >= 0.6 is 0 Å². The summed E-state index contributed by atoms with van der Waals surface area (Å²) >= 11 is 0. The van der Waals surface area contributed by atoms with Crippen LogP contribution in [0.1, 0.15) is 13.3 Å². The first-order chi connectivity index (χ1) is 5.24. The molecule has 2 unspecified atom stereocenters. The number of carbonyl (C=O) groups excluding carboxylic acids is 1. The minimum Gasteiger partial charge on any atom is -0.457 e. The second-order valence-corrected chi connectivity index (χ2v) is 2.41. The molecule has 1 aliphatic rings. The van der Waals surface area contributed by atoms with Crippen molar-refractivity contribution in [2.45, 2.75) is 25.7 Å². The molecule has 4 nitrogen and oxygen atoms in total. The predicted molar refractivity (Wildman–Crippen MR) is 36.9 cm³/mol. The van der Waals surface area contributed by atoms with Crippen molar-refractivity contribution in [3.63, 3.8) is 0 Å². The maximum absolute atomic E-state index is 10.5. The summed E-state index contributed by atoms with van der Waals surface area (Å²) in [6, 6.07) is 0. The second kappa shape index (κ2) is 3.69. The largest absolute Gasteiger partial charge is 0.457 e. The van der Waals surface area contributed by atoms with Gasteiger partial charge in [-0.05, 0) is 0 Å². The van der Waals surface area contributed by atoms with Gasteiger partial charge in [0.1, 0.15) is 0 Å². The maximum atomic E-state index is 10.5. The summed E-state index contributed by atoms with van der Waals surface area (Å²) in [5.74, 6) is -0.289. The lowest BCUT2D eigenvalue weighted by Gasteiger charge is -2.15. The number of rotatable bonds is 2. The van der Waals surface area contributed by atoms with Crippen LogP contribution in [0.5, 0.6) is 0 Å². The van der Waals surface area contributed by atoms with Gasteiger partial charge >= 0.3 is 5.97 Å². The Balaban J connectivity index is 2.37. The summed E-state index contributed by atoms with van der Waals surface area (Å²) in [6.45, 7) is 1.97. The summed E-state index contributed by atoms with van der Waals surface area (Å²) < 4.78 is 15.0. The smallest absolute Gasteiger partial charge is 0.303 e. The van der Waals surface area contributed by atoms with Crippen LogP contribution in [-0.2, 0) is 19.0 Å². The van der Waals surface area contributed by atoms with Crippen molar-refractivity contribution in [3.05, 3.63) is 0 Å². The monoisotopic (exact) mass is 160 g/mol. The lowest BCUT2D eigenvalue weighted by Crippen LogP contribution is -2.27. The molecular formula is C7H12O4. The first kappa shape index (κ1) is 8.49. The van der Waals surface area contributed by atoms with Gasteiger partial charge in [0, 0.05) is 20.5 Å². The highest BCUT2D eigenvalue weighted by Gasteiger charge is 2.30. The van der Waals surface area contributed by atoms with Crippen LogP contribution in [0.3, 0.4) is 0 Å². The molecule has 0 aromatic heterocycles. The Labute approximate surface area is 65.4 Å². The van der Waals surface area contributed by atoms with Crippen LogP contribution in [0.15, 0.2) is 0 Å². The molecule has 0 amide bonds. The first-order valence-electron chi connectivity index (χ1n) is 3.55. The van der Waals surface area contributed by atoms with Gasteiger partial charge in [-0.3, -0.25) is 4.79 Å². The third-order valence-corrected chi connectivity index (χ3v) is 1.54. The van der Waals surface area contributed by atoms with E-state index in [0.717, 1.165) is 6.42 Å². The van der Waals surface area contributed by atoms with Crippen molar-refractivity contribution in [1.29, 1.82) is 0 Å². The standard InChI is InChI=1S/C7H12O4/c1-5(8)11-6-3-4-10-7(6)9-2/h6-7H,3-4H2,1-2H3. The quantitative estimate of drug-likeness (QED) is 0.545. The van der Waals surface area contributed by atoms with Crippen molar-refractivity contribution >= 4 is 5.97 Å². The third kappa shape index (κ3) is 2.17. The molecule has 2 atom stereocenters. The summed E-state index contributed by atoms with van der Waals surface area (Å²) in [5, 5.41) is 0. The zero-order valence-electron chi connectivity index (χ0n) is 6.70. The van der Waals surface area contributed by atoms with E-state index in [1.807, 2.05) is 0 Å². The molecule has 1 aliphatic heterocycles. The highest BCUT2D eigenvalue weighted by Crippen LogP contribution is 2.17. The normalized spacial score (nSPS) is 30.4. The van der Waals surface area contributed by atoms with Gasteiger partial charge in [0.2, 0.25) is 0 Å². The predicted octanol–water partition coefficient (Wildman–Crippen LogP) is 0.311. The van der Waals surface area contributed by atoms with Crippen molar-refractivity contribution in [1.82, 2.24) is 0 Å². The zero-order chi connectivity index (χ0) is 8.27. The summed E-state index contributed by atoms with van der Waals surface area (Å²) in [6.07, 6.45) is 0.120. The first-order valence-corrected chi connectivity index (χ1v) is 3.55. The Morgan fingerprint density at radius 2 is 2.36 bits per heavy atom. The lowest BCUT2D eigenvalue weighted by atomic mass is 10.3. The van der Waals surface area contributed by atoms with E-state index in [0.29, 0.717) is 6.61 Å². The Kier molecular flexibility index (Phi) is 2.84. The van der Waals surface area contributed by atoms with Gasteiger partial charge in [0.25, 0.3) is 0 Å². The van der Waals surface area contributed by atoms with Gasteiger partial charge in [0.15, 0.2) is 12.4 Å². The molecule has 4 heteroatoms. The van der Waals surface area contributed by atoms with Crippen molar-refractivity contribution < 1.29 is 19.0 Å². The average molecular weight is 160 g/mol. The van der Waals surface area contributed by atoms with Crippen LogP contribution in [0.4, 0.5) is 0 Å². The molecule has 0 spiro atoms. The fourth-order valence-corrected chi connectivity index (χ4v) is 1.09. The van der Waals surface area contributed by atoms with E-state index in [-0.39, 0.29) is 18.4 Å². The highest BCUT2D eigenvalue weighted by molar-refractivity contribution is 5.66. The molecule has 1 heterocycles. The number of hydrogen-bond acceptors (Lipinski definition) is 4. The Morgan fingerprint density at radius 3 is 2.91 bits per heavy atom. The molecule has 1 saturated heterocycles. The molecule has 0 radical (unpaired) electrons. The number of hydrogen-bond donors (Lipinski definition) is 0. The van der Waals surface area contributed by atoms with Crippen LogP contribution in [0, 0.1) is 0 Å². The molecule has 0 saturated carbocycles. The fourth-order valence-electron chi connectivity index (χ4n) is 1.09. The van der Waals surface area contributed by atoms with Crippen LogP contribution < -0.4 is 0 Å². The van der Waals surface area contributed by atoms with E-state index in [4.69, 9.17) is 14.2 Å². The van der Waals surface area contributed by atoms with Gasteiger partial charge in [0.05, 0.1) is 6.61 Å². The number of esters is 1. The van der Waals surface area contributed by atoms with Gasteiger partial charge < -0.3 is 14.2 Å². The van der Waals surface area contributed by atoms with E-state index in [1.165, 1.54) is 14.0 Å². The average Bonchev–Trinajstić information content (AvgIpc) is 2.34. The SMILES string of the molecule is COC1OCCC1OC(C)=O. The molecular weight excluding hydrogens is 148 g/mol. The number of carbonyl (C=O) groups is 1. The zero-order valence-corrected chi connectivity index (χ0v) is 6.70. The Morgan fingerprint density at radius 1 is 1.64 bits per heavy atom. The van der Waals surface area contributed by atoms with Crippen LogP contribution in [0.25, 0.3) is 0 Å². The lowest BCUT2D eigenvalue weighted by molar-refractivity contribution is -0.170.